The van der Waals surface area contributed by atoms with E-state index in [9.17, 15) is 19.2 Å². The molecule has 38 heavy (non-hydrogen) atoms. The molecule has 0 bridgehead atoms. The molecule has 5 rings (SSSR count). The molecule has 2 aromatic carbocycles. The minimum absolute atomic E-state index is 0.00968. The number of carbonyl (C=O) groups is 4. The molecule has 0 saturated heterocycles. The molecular formula is C28H31N3O7. The summed E-state index contributed by atoms with van der Waals surface area (Å²) in [6, 6.07) is 9.93. The number of nitrogens with zero attached hydrogens (tertiary/aromatic N) is 1. The average molecular weight is 522 g/mol. The summed E-state index contributed by atoms with van der Waals surface area (Å²) in [6.45, 7) is 2.50. The van der Waals surface area contributed by atoms with E-state index >= 15 is 0 Å². The van der Waals surface area contributed by atoms with E-state index in [1.807, 2.05) is 13.0 Å². The number of rotatable bonds is 10. The lowest BCUT2D eigenvalue weighted by Gasteiger charge is -2.28. The summed E-state index contributed by atoms with van der Waals surface area (Å²) < 4.78 is 11.1. The molecule has 3 aliphatic rings. The first-order valence-corrected chi connectivity index (χ1v) is 12.9. The van der Waals surface area contributed by atoms with Crippen LogP contribution < -0.4 is 20.3 Å². The minimum atomic E-state index is -0.702. The van der Waals surface area contributed by atoms with Gasteiger partial charge < -0.3 is 24.5 Å². The van der Waals surface area contributed by atoms with Gasteiger partial charge in [0.2, 0.25) is 5.91 Å². The number of hydrogen-bond acceptors (Lipinski definition) is 7. The molecule has 200 valence electrons. The lowest BCUT2D eigenvalue weighted by atomic mass is 10.0. The van der Waals surface area contributed by atoms with E-state index in [2.05, 4.69) is 10.8 Å². The number of methoxy groups -OCH3 is 1. The van der Waals surface area contributed by atoms with Crippen molar-refractivity contribution in [1.82, 2.24) is 10.4 Å². The van der Waals surface area contributed by atoms with Crippen LogP contribution in [0.5, 0.6) is 11.5 Å². The number of ether oxygens (including phenoxy) is 2. The van der Waals surface area contributed by atoms with Gasteiger partial charge in [-0.25, -0.2) is 4.79 Å². The molecule has 0 aromatic heterocycles. The Morgan fingerprint density at radius 1 is 1.05 bits per heavy atom. The monoisotopic (exact) mass is 521 g/mol. The third kappa shape index (κ3) is 5.44. The lowest BCUT2D eigenvalue weighted by molar-refractivity contribution is -0.159. The van der Waals surface area contributed by atoms with Crippen molar-refractivity contribution in [3.8, 4) is 11.5 Å². The summed E-state index contributed by atoms with van der Waals surface area (Å²) in [4.78, 5) is 57.6. The van der Waals surface area contributed by atoms with Crippen molar-refractivity contribution < 1.29 is 33.5 Å². The van der Waals surface area contributed by atoms with Gasteiger partial charge in [-0.3, -0.25) is 14.4 Å². The van der Waals surface area contributed by atoms with Crippen LogP contribution in [-0.2, 0) is 25.8 Å². The number of anilines is 1. The van der Waals surface area contributed by atoms with Crippen LogP contribution >= 0.6 is 0 Å². The standard InChI is InChI=1S/C28H31N3O7/c1-3-37-23-13-18(11-12-22(23)36-2)21(14-24(32)30-38-28(35)17-9-10-17)31-15-19-5-4-6-20(25(19)27(31)34)29-26(33)16-7-8-16/h4-6,11-13,16-17,21H,3,7-10,14-15H2,1-2H3,(H,29,33)(H,30,32)/t21-/m0/s1. The quantitative estimate of drug-likeness (QED) is 0.459. The Hall–Kier alpha value is -4.08. The number of hydrogen-bond donors (Lipinski definition) is 2. The number of nitrogens with one attached hydrogen (secondary N) is 2. The summed E-state index contributed by atoms with van der Waals surface area (Å²) in [7, 11) is 1.54. The Morgan fingerprint density at radius 3 is 2.50 bits per heavy atom. The topological polar surface area (TPSA) is 123 Å². The smallest absolute Gasteiger partial charge is 0.335 e. The number of amides is 3. The highest BCUT2D eigenvalue weighted by atomic mass is 16.7. The first-order chi connectivity index (χ1) is 18.4. The SMILES string of the molecule is CCOc1cc([C@H](CC(=O)NOC(=O)C2CC2)N2Cc3cccc(NC(=O)C4CC4)c3C2=O)ccc1OC. The predicted octanol–water partition coefficient (Wildman–Crippen LogP) is 3.51. The maximum Gasteiger partial charge on any atom is 0.335 e. The van der Waals surface area contributed by atoms with Crippen LogP contribution in [0.2, 0.25) is 0 Å². The van der Waals surface area contributed by atoms with Crippen molar-refractivity contribution in [3.05, 3.63) is 53.1 Å². The molecule has 2 fully saturated rings. The molecule has 10 nitrogen and oxygen atoms in total. The summed E-state index contributed by atoms with van der Waals surface area (Å²) in [5.41, 5.74) is 4.55. The van der Waals surface area contributed by atoms with Crippen molar-refractivity contribution in [2.24, 2.45) is 11.8 Å². The normalized spacial score (nSPS) is 16.9. The second-order valence-electron chi connectivity index (χ2n) is 9.82. The number of carbonyl (C=O) groups excluding carboxylic acids is 4. The molecule has 2 aliphatic carbocycles. The van der Waals surface area contributed by atoms with Crippen molar-refractivity contribution in [3.63, 3.8) is 0 Å². The van der Waals surface area contributed by atoms with E-state index < -0.39 is 17.9 Å². The van der Waals surface area contributed by atoms with E-state index in [4.69, 9.17) is 14.3 Å². The molecule has 2 aromatic rings. The number of hydroxylamine groups is 1. The Morgan fingerprint density at radius 2 is 1.82 bits per heavy atom. The van der Waals surface area contributed by atoms with Crippen LogP contribution in [0.25, 0.3) is 0 Å². The summed E-state index contributed by atoms with van der Waals surface area (Å²) in [5.74, 6) is -0.548. The Labute approximate surface area is 220 Å². The van der Waals surface area contributed by atoms with Crippen LogP contribution in [0.4, 0.5) is 5.69 Å². The third-order valence-corrected chi connectivity index (χ3v) is 6.98. The highest BCUT2D eigenvalue weighted by Crippen LogP contribution is 2.40. The van der Waals surface area contributed by atoms with E-state index in [0.717, 1.165) is 31.2 Å². The van der Waals surface area contributed by atoms with Gasteiger partial charge in [0.1, 0.15) is 0 Å². The predicted molar refractivity (Wildman–Crippen MR) is 136 cm³/mol. The highest BCUT2D eigenvalue weighted by molar-refractivity contribution is 6.07. The van der Waals surface area contributed by atoms with Gasteiger partial charge >= 0.3 is 5.97 Å². The third-order valence-electron chi connectivity index (χ3n) is 6.98. The van der Waals surface area contributed by atoms with E-state index in [0.29, 0.717) is 34.9 Å². The lowest BCUT2D eigenvalue weighted by Crippen LogP contribution is -2.35. The molecule has 3 amide bonds. The van der Waals surface area contributed by atoms with Gasteiger partial charge in [0.15, 0.2) is 11.5 Å². The summed E-state index contributed by atoms with van der Waals surface area (Å²) in [5, 5.41) is 2.91. The number of fused-ring (bicyclic) bond motifs is 1. The fourth-order valence-corrected chi connectivity index (χ4v) is 4.62. The Bertz CT molecular complexity index is 1270. The molecule has 0 spiro atoms. The van der Waals surface area contributed by atoms with Gasteiger partial charge in [0.25, 0.3) is 11.8 Å². The summed E-state index contributed by atoms with van der Waals surface area (Å²) in [6.07, 6.45) is 3.05. The largest absolute Gasteiger partial charge is 0.493 e. The van der Waals surface area contributed by atoms with Gasteiger partial charge in [-0.1, -0.05) is 18.2 Å². The molecule has 10 heteroatoms. The zero-order valence-corrected chi connectivity index (χ0v) is 21.5. The van der Waals surface area contributed by atoms with Gasteiger partial charge in [0, 0.05) is 12.5 Å². The summed E-state index contributed by atoms with van der Waals surface area (Å²) >= 11 is 0. The van der Waals surface area contributed by atoms with Crippen molar-refractivity contribution in [2.75, 3.05) is 19.0 Å². The van der Waals surface area contributed by atoms with Gasteiger partial charge in [0.05, 0.1) is 43.3 Å². The van der Waals surface area contributed by atoms with Gasteiger partial charge in [-0.15, -0.1) is 0 Å². The fourth-order valence-electron chi connectivity index (χ4n) is 4.62. The van der Waals surface area contributed by atoms with Crippen molar-refractivity contribution in [1.29, 1.82) is 0 Å². The molecule has 1 atom stereocenters. The maximum absolute atomic E-state index is 13.8. The first-order valence-electron chi connectivity index (χ1n) is 12.9. The van der Waals surface area contributed by atoms with Gasteiger partial charge in [-0.2, -0.15) is 5.48 Å². The van der Waals surface area contributed by atoms with Crippen LogP contribution in [0.1, 0.15) is 66.6 Å². The van der Waals surface area contributed by atoms with Crippen LogP contribution in [0.15, 0.2) is 36.4 Å². The molecule has 2 saturated carbocycles. The zero-order valence-electron chi connectivity index (χ0n) is 21.5. The zero-order chi connectivity index (χ0) is 26.8. The maximum atomic E-state index is 13.8. The fraction of sp³-hybridized carbons (Fsp3) is 0.429. The molecule has 2 N–H and O–H groups in total. The second kappa shape index (κ2) is 10.7. The van der Waals surface area contributed by atoms with Crippen LogP contribution in [0, 0.1) is 11.8 Å². The van der Waals surface area contributed by atoms with E-state index in [1.165, 1.54) is 7.11 Å². The molecule has 1 heterocycles. The first kappa shape index (κ1) is 25.6. The van der Waals surface area contributed by atoms with Crippen LogP contribution in [0.3, 0.4) is 0 Å². The van der Waals surface area contributed by atoms with E-state index in [-0.39, 0.29) is 36.6 Å². The molecule has 0 unspecified atom stereocenters. The minimum Gasteiger partial charge on any atom is -0.493 e. The molecule has 1 aliphatic heterocycles. The van der Waals surface area contributed by atoms with Crippen LogP contribution in [-0.4, -0.2) is 42.3 Å². The average Bonchev–Trinajstić information content (AvgIpc) is 3.83. The van der Waals surface area contributed by atoms with Gasteiger partial charge in [-0.05, 0) is 61.9 Å². The van der Waals surface area contributed by atoms with Crippen molar-refractivity contribution in [2.45, 2.75) is 51.6 Å². The molecular weight excluding hydrogens is 490 g/mol. The van der Waals surface area contributed by atoms with Crippen molar-refractivity contribution >= 4 is 29.4 Å². The second-order valence-corrected chi connectivity index (χ2v) is 9.82. The number of benzene rings is 2. The molecule has 0 radical (unpaired) electrons. The van der Waals surface area contributed by atoms with E-state index in [1.54, 1.807) is 35.2 Å². The highest BCUT2D eigenvalue weighted by Gasteiger charge is 2.38. The Kier molecular flexibility index (Phi) is 7.22. The Balaban J connectivity index is 1.42.